The average Bonchev–Trinajstić information content (AvgIpc) is 2.76. The highest BCUT2D eigenvalue weighted by Gasteiger charge is 2.12. The summed E-state index contributed by atoms with van der Waals surface area (Å²) in [4.78, 5) is 12.1. The van der Waals surface area contributed by atoms with Crippen molar-refractivity contribution in [1.82, 2.24) is 9.97 Å². The highest BCUT2D eigenvalue weighted by molar-refractivity contribution is 7.09. The fraction of sp³-hybridized carbons (Fsp3) is 0.333. The van der Waals surface area contributed by atoms with Crippen LogP contribution in [0.2, 0.25) is 5.15 Å². The van der Waals surface area contributed by atoms with Gasteiger partial charge in [-0.3, -0.25) is 0 Å². The van der Waals surface area contributed by atoms with Crippen LogP contribution in [0.5, 0.6) is 0 Å². The largest absolute Gasteiger partial charge is 0.352 e. The van der Waals surface area contributed by atoms with Crippen LogP contribution in [0.1, 0.15) is 16.3 Å². The predicted molar refractivity (Wildman–Crippen MR) is 72.9 cm³/mol. The molecule has 2 rings (SSSR count). The van der Waals surface area contributed by atoms with Crippen LogP contribution in [0.3, 0.4) is 0 Å². The number of aromatic nitrogens is 2. The van der Waals surface area contributed by atoms with Crippen LogP contribution in [-0.2, 0) is 6.54 Å². The Morgan fingerprint density at radius 1 is 1.29 bits per heavy atom. The minimum atomic E-state index is 0.465. The Bertz CT molecular complexity index is 511. The first kappa shape index (κ1) is 12.3. The van der Waals surface area contributed by atoms with Crippen molar-refractivity contribution in [1.29, 1.82) is 0 Å². The molecular weight excluding hydrogens is 254 g/mol. The number of halogens is 1. The molecule has 2 aromatic rings. The summed E-state index contributed by atoms with van der Waals surface area (Å²) in [6.45, 7) is 4.66. The minimum Gasteiger partial charge on any atom is -0.352 e. The molecule has 0 unspecified atom stereocenters. The Morgan fingerprint density at radius 3 is 2.65 bits per heavy atom. The molecule has 0 atom stereocenters. The Kier molecular flexibility index (Phi) is 3.64. The van der Waals surface area contributed by atoms with Gasteiger partial charge in [0.2, 0.25) is 0 Å². The first-order valence-corrected chi connectivity index (χ1v) is 6.58. The lowest BCUT2D eigenvalue weighted by atomic mass is 10.3. The van der Waals surface area contributed by atoms with E-state index in [9.17, 15) is 0 Å². The van der Waals surface area contributed by atoms with Crippen molar-refractivity contribution in [3.63, 3.8) is 0 Å². The molecule has 2 heterocycles. The van der Waals surface area contributed by atoms with Crippen LogP contribution in [0.15, 0.2) is 17.5 Å². The maximum absolute atomic E-state index is 6.12. The summed E-state index contributed by atoms with van der Waals surface area (Å²) in [5.74, 6) is 0.739. The zero-order valence-corrected chi connectivity index (χ0v) is 11.6. The second kappa shape index (κ2) is 5.02. The maximum Gasteiger partial charge on any atom is 0.171 e. The fourth-order valence-corrected chi connectivity index (χ4v) is 2.59. The third kappa shape index (κ3) is 2.76. The highest BCUT2D eigenvalue weighted by atomic mass is 35.5. The molecule has 0 fully saturated rings. The SMILES string of the molecule is Cc1nc(Cl)c(N(C)Cc2cccs2)nc1C. The normalized spacial score (nSPS) is 10.6. The van der Waals surface area contributed by atoms with Crippen molar-refractivity contribution in [2.45, 2.75) is 20.4 Å². The molecule has 5 heteroatoms. The summed E-state index contributed by atoms with van der Waals surface area (Å²) >= 11 is 7.85. The first-order chi connectivity index (χ1) is 8.08. The van der Waals surface area contributed by atoms with Gasteiger partial charge in [0.25, 0.3) is 0 Å². The molecule has 0 saturated heterocycles. The topological polar surface area (TPSA) is 29.0 Å². The Morgan fingerprint density at radius 2 is 2.00 bits per heavy atom. The third-order valence-electron chi connectivity index (χ3n) is 2.58. The van der Waals surface area contributed by atoms with E-state index in [0.29, 0.717) is 5.15 Å². The van der Waals surface area contributed by atoms with Gasteiger partial charge in [-0.05, 0) is 25.3 Å². The molecule has 0 N–H and O–H groups in total. The van der Waals surface area contributed by atoms with Gasteiger partial charge in [-0.2, -0.15) is 0 Å². The van der Waals surface area contributed by atoms with E-state index in [2.05, 4.69) is 21.4 Å². The molecule has 0 aliphatic rings. The van der Waals surface area contributed by atoms with E-state index in [1.807, 2.05) is 31.9 Å². The van der Waals surface area contributed by atoms with Gasteiger partial charge < -0.3 is 4.90 Å². The smallest absolute Gasteiger partial charge is 0.171 e. The molecule has 2 aromatic heterocycles. The lowest BCUT2D eigenvalue weighted by Gasteiger charge is -2.19. The van der Waals surface area contributed by atoms with Gasteiger partial charge in [-0.25, -0.2) is 9.97 Å². The van der Waals surface area contributed by atoms with E-state index < -0.39 is 0 Å². The monoisotopic (exact) mass is 267 g/mol. The van der Waals surface area contributed by atoms with Crippen LogP contribution in [0.4, 0.5) is 5.82 Å². The predicted octanol–water partition coefficient (Wildman–Crippen LogP) is 3.44. The van der Waals surface area contributed by atoms with Gasteiger partial charge in [0, 0.05) is 11.9 Å². The van der Waals surface area contributed by atoms with E-state index in [1.54, 1.807) is 11.3 Å². The van der Waals surface area contributed by atoms with Crippen LogP contribution >= 0.6 is 22.9 Å². The average molecular weight is 268 g/mol. The molecule has 0 spiro atoms. The van der Waals surface area contributed by atoms with Crippen molar-refractivity contribution in [3.05, 3.63) is 38.9 Å². The zero-order valence-electron chi connectivity index (χ0n) is 10.1. The maximum atomic E-state index is 6.12. The summed E-state index contributed by atoms with van der Waals surface area (Å²) < 4.78 is 0. The zero-order chi connectivity index (χ0) is 12.4. The van der Waals surface area contributed by atoms with Gasteiger partial charge >= 0.3 is 0 Å². The van der Waals surface area contributed by atoms with Gasteiger partial charge in [0.1, 0.15) is 0 Å². The molecule has 0 aliphatic carbocycles. The summed E-state index contributed by atoms with van der Waals surface area (Å²) in [6.07, 6.45) is 0. The number of thiophene rings is 1. The lowest BCUT2D eigenvalue weighted by Crippen LogP contribution is -2.18. The first-order valence-electron chi connectivity index (χ1n) is 5.32. The van der Waals surface area contributed by atoms with E-state index in [4.69, 9.17) is 11.6 Å². The second-order valence-corrected chi connectivity index (χ2v) is 5.33. The van der Waals surface area contributed by atoms with Gasteiger partial charge in [0.15, 0.2) is 11.0 Å². The van der Waals surface area contributed by atoms with Crippen LogP contribution in [0.25, 0.3) is 0 Å². The van der Waals surface area contributed by atoms with Crippen molar-refractivity contribution >= 4 is 28.8 Å². The number of anilines is 1. The lowest BCUT2D eigenvalue weighted by molar-refractivity contribution is 0.887. The molecular formula is C12H14ClN3S. The van der Waals surface area contributed by atoms with Crippen molar-refractivity contribution in [2.24, 2.45) is 0 Å². The van der Waals surface area contributed by atoms with E-state index in [0.717, 1.165) is 23.8 Å². The number of rotatable bonds is 3. The van der Waals surface area contributed by atoms with Crippen molar-refractivity contribution in [2.75, 3.05) is 11.9 Å². The molecule has 0 saturated carbocycles. The molecule has 0 amide bonds. The summed E-state index contributed by atoms with van der Waals surface area (Å²) in [6, 6.07) is 4.14. The van der Waals surface area contributed by atoms with Crippen LogP contribution in [-0.4, -0.2) is 17.0 Å². The molecule has 0 radical (unpaired) electrons. The number of hydrogen-bond donors (Lipinski definition) is 0. The number of nitrogens with zero attached hydrogens (tertiary/aromatic N) is 3. The third-order valence-corrected chi connectivity index (χ3v) is 3.70. The summed E-state index contributed by atoms with van der Waals surface area (Å²) in [5, 5.41) is 2.53. The molecule has 3 nitrogen and oxygen atoms in total. The molecule has 0 bridgehead atoms. The van der Waals surface area contributed by atoms with E-state index >= 15 is 0 Å². The van der Waals surface area contributed by atoms with Gasteiger partial charge in [0.05, 0.1) is 17.9 Å². The van der Waals surface area contributed by atoms with E-state index in [-0.39, 0.29) is 0 Å². The molecule has 0 aliphatic heterocycles. The number of aryl methyl sites for hydroxylation is 2. The number of hydrogen-bond acceptors (Lipinski definition) is 4. The highest BCUT2D eigenvalue weighted by Crippen LogP contribution is 2.24. The van der Waals surface area contributed by atoms with Gasteiger partial charge in [-0.1, -0.05) is 17.7 Å². The van der Waals surface area contributed by atoms with Gasteiger partial charge in [-0.15, -0.1) is 11.3 Å². The summed E-state index contributed by atoms with van der Waals surface area (Å²) in [7, 11) is 1.98. The van der Waals surface area contributed by atoms with Crippen LogP contribution in [0, 0.1) is 13.8 Å². The Balaban J connectivity index is 2.24. The molecule has 90 valence electrons. The molecule has 17 heavy (non-hydrogen) atoms. The quantitative estimate of drug-likeness (QED) is 0.853. The fourth-order valence-electron chi connectivity index (χ4n) is 1.52. The minimum absolute atomic E-state index is 0.465. The summed E-state index contributed by atoms with van der Waals surface area (Å²) in [5.41, 5.74) is 1.80. The van der Waals surface area contributed by atoms with E-state index in [1.165, 1.54) is 4.88 Å². The standard InChI is InChI=1S/C12H14ClN3S/c1-8-9(2)15-12(11(13)14-8)16(3)7-10-5-4-6-17-10/h4-6H,7H2,1-3H3. The Hall–Kier alpha value is -1.13. The van der Waals surface area contributed by atoms with Crippen molar-refractivity contribution < 1.29 is 0 Å². The second-order valence-electron chi connectivity index (χ2n) is 3.94. The Labute approximate surface area is 110 Å². The van der Waals surface area contributed by atoms with Crippen molar-refractivity contribution in [3.8, 4) is 0 Å². The molecule has 0 aromatic carbocycles. The van der Waals surface area contributed by atoms with Crippen LogP contribution < -0.4 is 4.90 Å².